The normalized spacial score (nSPS) is 11.4. The van der Waals surface area contributed by atoms with Crippen molar-refractivity contribution in [3.63, 3.8) is 0 Å². The second-order valence-electron chi connectivity index (χ2n) is 4.31. The van der Waals surface area contributed by atoms with Crippen LogP contribution in [-0.2, 0) is 10.0 Å². The second-order valence-corrected chi connectivity index (χ2v) is 6.14. The Kier molecular flexibility index (Phi) is 4.13. The molecule has 0 aliphatic heterocycles. The molecule has 0 spiro atoms. The topological polar surface area (TPSA) is 63.4 Å². The monoisotopic (exact) mass is 312 g/mol. The van der Waals surface area contributed by atoms with Crippen LogP contribution in [0.2, 0.25) is 0 Å². The van der Waals surface area contributed by atoms with Gasteiger partial charge in [-0.3, -0.25) is 4.31 Å². The standard InChI is InChI=1S/C14H14F2N2O2S/c1-2-18(13-6-4-3-5-11(13)15)21(19,20)14-8-7-10(17)9-12(14)16/h3-9H,2,17H2,1H3. The van der Waals surface area contributed by atoms with Crippen molar-refractivity contribution in [2.75, 3.05) is 16.6 Å². The number of hydrogen-bond donors (Lipinski definition) is 1. The number of sulfonamides is 1. The van der Waals surface area contributed by atoms with Gasteiger partial charge in [-0.1, -0.05) is 12.1 Å². The van der Waals surface area contributed by atoms with E-state index in [1.54, 1.807) is 6.92 Å². The molecule has 0 unspecified atom stereocenters. The second kappa shape index (κ2) is 5.69. The van der Waals surface area contributed by atoms with E-state index in [2.05, 4.69) is 0 Å². The highest BCUT2D eigenvalue weighted by molar-refractivity contribution is 7.92. The molecular weight excluding hydrogens is 298 g/mol. The summed E-state index contributed by atoms with van der Waals surface area (Å²) >= 11 is 0. The van der Waals surface area contributed by atoms with Crippen LogP contribution < -0.4 is 10.0 Å². The third-order valence-corrected chi connectivity index (χ3v) is 4.85. The number of para-hydroxylation sites is 1. The zero-order valence-electron chi connectivity index (χ0n) is 11.3. The van der Waals surface area contributed by atoms with Gasteiger partial charge < -0.3 is 5.73 Å². The Bertz CT molecular complexity index is 763. The number of rotatable bonds is 4. The lowest BCUT2D eigenvalue weighted by atomic mass is 10.3. The molecule has 2 aromatic carbocycles. The first-order valence-electron chi connectivity index (χ1n) is 6.20. The molecule has 21 heavy (non-hydrogen) atoms. The Morgan fingerprint density at radius 1 is 1.10 bits per heavy atom. The highest BCUT2D eigenvalue weighted by Gasteiger charge is 2.28. The van der Waals surface area contributed by atoms with Gasteiger partial charge >= 0.3 is 0 Å². The summed E-state index contributed by atoms with van der Waals surface area (Å²) in [6.07, 6.45) is 0. The van der Waals surface area contributed by atoms with Crippen LogP contribution in [-0.4, -0.2) is 15.0 Å². The summed E-state index contributed by atoms with van der Waals surface area (Å²) in [4.78, 5) is -0.540. The average Bonchev–Trinajstić information content (AvgIpc) is 2.41. The summed E-state index contributed by atoms with van der Waals surface area (Å²) in [6.45, 7) is 1.51. The third-order valence-electron chi connectivity index (χ3n) is 2.93. The molecular formula is C14H14F2N2O2S. The lowest BCUT2D eigenvalue weighted by Gasteiger charge is -2.23. The first-order chi connectivity index (χ1) is 9.87. The van der Waals surface area contributed by atoms with Crippen molar-refractivity contribution >= 4 is 21.4 Å². The average molecular weight is 312 g/mol. The summed E-state index contributed by atoms with van der Waals surface area (Å²) in [6, 6.07) is 8.70. The molecule has 0 atom stereocenters. The van der Waals surface area contributed by atoms with Crippen molar-refractivity contribution in [2.24, 2.45) is 0 Å². The first-order valence-corrected chi connectivity index (χ1v) is 7.64. The molecule has 0 aliphatic carbocycles. The Morgan fingerprint density at radius 3 is 2.33 bits per heavy atom. The van der Waals surface area contributed by atoms with Crippen molar-refractivity contribution in [3.8, 4) is 0 Å². The molecule has 2 N–H and O–H groups in total. The van der Waals surface area contributed by atoms with Crippen LogP contribution in [0.4, 0.5) is 20.2 Å². The van der Waals surface area contributed by atoms with Gasteiger partial charge in [0, 0.05) is 12.2 Å². The number of nitrogens with zero attached hydrogens (tertiary/aromatic N) is 1. The lowest BCUT2D eigenvalue weighted by molar-refractivity contribution is 0.562. The molecule has 0 radical (unpaired) electrons. The van der Waals surface area contributed by atoms with Crippen molar-refractivity contribution in [1.82, 2.24) is 0 Å². The molecule has 7 heteroatoms. The maximum Gasteiger partial charge on any atom is 0.267 e. The van der Waals surface area contributed by atoms with Crippen LogP contribution in [0.1, 0.15) is 6.92 Å². The van der Waals surface area contributed by atoms with Gasteiger partial charge in [-0.05, 0) is 37.3 Å². The fourth-order valence-corrected chi connectivity index (χ4v) is 3.50. The van der Waals surface area contributed by atoms with Crippen molar-refractivity contribution in [3.05, 3.63) is 54.1 Å². The SMILES string of the molecule is CCN(c1ccccc1F)S(=O)(=O)c1ccc(N)cc1F. The molecule has 0 bridgehead atoms. The predicted octanol–water partition coefficient (Wildman–Crippen LogP) is 2.76. The van der Waals surface area contributed by atoms with Crippen LogP contribution in [0.3, 0.4) is 0 Å². The molecule has 0 heterocycles. The zero-order chi connectivity index (χ0) is 15.6. The van der Waals surface area contributed by atoms with Crippen LogP contribution >= 0.6 is 0 Å². The summed E-state index contributed by atoms with van der Waals surface area (Å²) in [5, 5.41) is 0. The molecule has 0 fully saturated rings. The summed E-state index contributed by atoms with van der Waals surface area (Å²) < 4.78 is 53.6. The van der Waals surface area contributed by atoms with Crippen molar-refractivity contribution in [1.29, 1.82) is 0 Å². The number of nitrogens with two attached hydrogens (primary N) is 1. The Morgan fingerprint density at radius 2 is 1.76 bits per heavy atom. The molecule has 112 valence electrons. The quantitative estimate of drug-likeness (QED) is 0.883. The highest BCUT2D eigenvalue weighted by atomic mass is 32.2. The highest BCUT2D eigenvalue weighted by Crippen LogP contribution is 2.27. The van der Waals surface area contributed by atoms with Crippen LogP contribution in [0.25, 0.3) is 0 Å². The molecule has 0 aliphatic rings. The van der Waals surface area contributed by atoms with E-state index in [1.165, 1.54) is 24.3 Å². The van der Waals surface area contributed by atoms with E-state index in [1.807, 2.05) is 0 Å². The van der Waals surface area contributed by atoms with Crippen LogP contribution in [0, 0.1) is 11.6 Å². The van der Waals surface area contributed by atoms with Gasteiger partial charge in [-0.2, -0.15) is 0 Å². The third kappa shape index (κ3) is 2.82. The van der Waals surface area contributed by atoms with Crippen molar-refractivity contribution < 1.29 is 17.2 Å². The Balaban J connectivity index is 2.58. The van der Waals surface area contributed by atoms with E-state index < -0.39 is 26.6 Å². The van der Waals surface area contributed by atoms with Crippen molar-refractivity contribution in [2.45, 2.75) is 11.8 Å². The molecule has 0 amide bonds. The van der Waals surface area contributed by atoms with Gasteiger partial charge in [0.1, 0.15) is 16.5 Å². The number of anilines is 2. The molecule has 0 saturated carbocycles. The maximum absolute atomic E-state index is 13.9. The number of halogens is 2. The minimum Gasteiger partial charge on any atom is -0.399 e. The predicted molar refractivity (Wildman–Crippen MR) is 77.4 cm³/mol. The molecule has 2 rings (SSSR count). The molecule has 4 nitrogen and oxygen atoms in total. The number of benzene rings is 2. The minimum absolute atomic E-state index is 0.0346. The molecule has 0 saturated heterocycles. The van der Waals surface area contributed by atoms with E-state index in [9.17, 15) is 17.2 Å². The smallest absolute Gasteiger partial charge is 0.267 e. The van der Waals surface area contributed by atoms with Gasteiger partial charge in [0.2, 0.25) is 0 Å². The molecule has 2 aromatic rings. The Hall–Kier alpha value is -2.15. The maximum atomic E-state index is 13.9. The van der Waals surface area contributed by atoms with Gasteiger partial charge in [0.25, 0.3) is 10.0 Å². The van der Waals surface area contributed by atoms with E-state index in [0.29, 0.717) is 0 Å². The zero-order valence-corrected chi connectivity index (χ0v) is 12.1. The minimum atomic E-state index is -4.21. The lowest BCUT2D eigenvalue weighted by Crippen LogP contribution is -2.32. The van der Waals surface area contributed by atoms with E-state index in [-0.39, 0.29) is 17.9 Å². The number of nitrogen functional groups attached to an aromatic ring is 1. The van der Waals surface area contributed by atoms with Gasteiger partial charge in [-0.25, -0.2) is 17.2 Å². The van der Waals surface area contributed by atoms with Gasteiger partial charge in [0.05, 0.1) is 5.69 Å². The molecule has 0 aromatic heterocycles. The van der Waals surface area contributed by atoms with E-state index >= 15 is 0 Å². The fraction of sp³-hybridized carbons (Fsp3) is 0.143. The van der Waals surface area contributed by atoms with Crippen LogP contribution in [0.15, 0.2) is 47.4 Å². The summed E-state index contributed by atoms with van der Waals surface area (Å²) in [7, 11) is -4.21. The van der Waals surface area contributed by atoms with E-state index in [4.69, 9.17) is 5.73 Å². The number of hydrogen-bond acceptors (Lipinski definition) is 3. The van der Waals surface area contributed by atoms with Gasteiger partial charge in [0.15, 0.2) is 0 Å². The van der Waals surface area contributed by atoms with Gasteiger partial charge in [-0.15, -0.1) is 0 Å². The first kappa shape index (κ1) is 15.2. The summed E-state index contributed by atoms with van der Waals surface area (Å²) in [5.74, 6) is -1.66. The van der Waals surface area contributed by atoms with Crippen LogP contribution in [0.5, 0.6) is 0 Å². The summed E-state index contributed by atoms with van der Waals surface area (Å²) in [5.41, 5.74) is 5.39. The van der Waals surface area contributed by atoms with E-state index in [0.717, 1.165) is 22.5 Å². The fourth-order valence-electron chi connectivity index (χ4n) is 1.97. The Labute approximate surface area is 121 Å². The largest absolute Gasteiger partial charge is 0.399 e.